The smallest absolute Gasteiger partial charge is 0.391 e. The first-order chi connectivity index (χ1) is 17.9. The SMILES string of the molecule is CCCCCCCCCCc1cc(OP(O)O)c(C(C)(C)C)c(CCCCCCCCCC)c1C(C)(C)C. The van der Waals surface area contributed by atoms with Gasteiger partial charge in [0, 0.05) is 5.56 Å². The van der Waals surface area contributed by atoms with Crippen molar-refractivity contribution in [1.82, 2.24) is 0 Å². The van der Waals surface area contributed by atoms with Gasteiger partial charge >= 0.3 is 8.60 Å². The van der Waals surface area contributed by atoms with Crippen LogP contribution in [0.2, 0.25) is 0 Å². The molecule has 1 aromatic rings. The molecule has 0 saturated heterocycles. The summed E-state index contributed by atoms with van der Waals surface area (Å²) in [6, 6.07) is 2.15. The molecule has 0 radical (unpaired) electrons. The van der Waals surface area contributed by atoms with E-state index in [1.807, 2.05) is 0 Å². The molecule has 0 amide bonds. The molecule has 4 heteroatoms. The lowest BCUT2D eigenvalue weighted by Gasteiger charge is -2.34. The fourth-order valence-corrected chi connectivity index (χ4v) is 6.34. The second-order valence-electron chi connectivity index (χ2n) is 13.6. The highest BCUT2D eigenvalue weighted by Crippen LogP contribution is 2.46. The summed E-state index contributed by atoms with van der Waals surface area (Å²) in [6.45, 7) is 18.3. The third kappa shape index (κ3) is 13.6. The first-order valence-corrected chi connectivity index (χ1v) is 17.2. The van der Waals surface area contributed by atoms with Crippen molar-refractivity contribution in [3.8, 4) is 5.75 Å². The second kappa shape index (κ2) is 18.7. The minimum atomic E-state index is -2.46. The van der Waals surface area contributed by atoms with Gasteiger partial charge in [0.25, 0.3) is 0 Å². The van der Waals surface area contributed by atoms with Gasteiger partial charge in [0.2, 0.25) is 0 Å². The molecular formula is C34H63O3P. The summed E-state index contributed by atoms with van der Waals surface area (Å²) in [4.78, 5) is 19.7. The number of hydrogen-bond donors (Lipinski definition) is 2. The quantitative estimate of drug-likeness (QED) is 0.125. The third-order valence-corrected chi connectivity index (χ3v) is 8.10. The van der Waals surface area contributed by atoms with Gasteiger partial charge in [0.1, 0.15) is 5.75 Å². The molecule has 1 aromatic carbocycles. The lowest BCUT2D eigenvalue weighted by molar-refractivity contribution is 0.368. The lowest BCUT2D eigenvalue weighted by atomic mass is 9.72. The Balaban J connectivity index is 3.18. The van der Waals surface area contributed by atoms with Gasteiger partial charge < -0.3 is 14.3 Å². The van der Waals surface area contributed by atoms with Crippen molar-refractivity contribution in [3.05, 3.63) is 28.3 Å². The normalized spacial score (nSPS) is 12.5. The molecule has 0 fully saturated rings. The Morgan fingerprint density at radius 2 is 0.974 bits per heavy atom. The van der Waals surface area contributed by atoms with Crippen LogP contribution in [0.25, 0.3) is 0 Å². The summed E-state index contributed by atoms with van der Waals surface area (Å²) in [5, 5.41) is 0. The number of benzene rings is 1. The van der Waals surface area contributed by atoms with E-state index in [1.165, 1.54) is 125 Å². The van der Waals surface area contributed by atoms with Crippen LogP contribution in [0.4, 0.5) is 0 Å². The van der Waals surface area contributed by atoms with Crippen LogP contribution in [-0.4, -0.2) is 9.79 Å². The van der Waals surface area contributed by atoms with Crippen LogP contribution < -0.4 is 4.52 Å². The molecule has 0 aliphatic heterocycles. The van der Waals surface area contributed by atoms with E-state index in [-0.39, 0.29) is 10.8 Å². The van der Waals surface area contributed by atoms with Crippen molar-refractivity contribution in [2.24, 2.45) is 0 Å². The van der Waals surface area contributed by atoms with E-state index in [0.29, 0.717) is 5.75 Å². The van der Waals surface area contributed by atoms with Crippen LogP contribution in [0.3, 0.4) is 0 Å². The minimum absolute atomic E-state index is 0.0205. The molecule has 0 unspecified atom stereocenters. The summed E-state index contributed by atoms with van der Waals surface area (Å²) in [5.74, 6) is 0.686. The van der Waals surface area contributed by atoms with Gasteiger partial charge in [0.15, 0.2) is 0 Å². The molecule has 3 nitrogen and oxygen atoms in total. The summed E-state index contributed by atoms with van der Waals surface area (Å²) < 4.78 is 5.76. The molecule has 2 N–H and O–H groups in total. The fourth-order valence-electron chi connectivity index (χ4n) is 6.02. The number of hydrogen-bond acceptors (Lipinski definition) is 3. The van der Waals surface area contributed by atoms with E-state index < -0.39 is 8.60 Å². The van der Waals surface area contributed by atoms with Gasteiger partial charge in [-0.3, -0.25) is 0 Å². The van der Waals surface area contributed by atoms with Gasteiger partial charge in [-0.25, -0.2) is 0 Å². The molecular weight excluding hydrogens is 487 g/mol. The Morgan fingerprint density at radius 3 is 1.37 bits per heavy atom. The van der Waals surface area contributed by atoms with Crippen molar-refractivity contribution in [2.45, 2.75) is 182 Å². The molecule has 0 aromatic heterocycles. The second-order valence-corrected chi connectivity index (χ2v) is 14.2. The first kappa shape index (κ1) is 35.4. The van der Waals surface area contributed by atoms with Crippen LogP contribution in [0, 0.1) is 0 Å². The zero-order chi connectivity index (χ0) is 28.6. The Morgan fingerprint density at radius 1 is 0.579 bits per heavy atom. The monoisotopic (exact) mass is 550 g/mol. The highest BCUT2D eigenvalue weighted by molar-refractivity contribution is 7.39. The van der Waals surface area contributed by atoms with E-state index in [0.717, 1.165) is 12.8 Å². The highest BCUT2D eigenvalue weighted by atomic mass is 31.2. The van der Waals surface area contributed by atoms with Crippen molar-refractivity contribution in [1.29, 1.82) is 0 Å². The van der Waals surface area contributed by atoms with E-state index >= 15 is 0 Å². The van der Waals surface area contributed by atoms with Crippen LogP contribution in [0.15, 0.2) is 6.07 Å². The Kier molecular flexibility index (Phi) is 17.4. The molecule has 0 bridgehead atoms. The predicted molar refractivity (Wildman–Crippen MR) is 168 cm³/mol. The zero-order valence-electron chi connectivity index (χ0n) is 26.6. The van der Waals surface area contributed by atoms with Crippen LogP contribution in [-0.2, 0) is 23.7 Å². The maximum Gasteiger partial charge on any atom is 0.391 e. The van der Waals surface area contributed by atoms with Crippen molar-refractivity contribution >= 4 is 8.60 Å². The van der Waals surface area contributed by atoms with Crippen LogP contribution >= 0.6 is 8.60 Å². The number of rotatable bonds is 20. The summed E-state index contributed by atoms with van der Waals surface area (Å²) in [7, 11) is -2.46. The largest absolute Gasteiger partial charge is 0.427 e. The Labute approximate surface area is 238 Å². The average molecular weight is 551 g/mol. The number of aryl methyl sites for hydroxylation is 1. The van der Waals surface area contributed by atoms with Crippen LogP contribution in [0.1, 0.15) is 180 Å². The van der Waals surface area contributed by atoms with Gasteiger partial charge in [-0.2, -0.15) is 0 Å². The molecule has 0 atom stereocenters. The standard InChI is InChI=1S/C34H63O3P/c1-9-11-13-15-17-19-21-23-25-28-27-30(37-38(35)36)32(34(6,7)8)29(31(28)33(3,4)5)26-24-22-20-18-16-14-12-10-2/h27,35-36H,9-26H2,1-8H3. The third-order valence-electron chi connectivity index (χ3n) is 7.74. The molecule has 0 aliphatic rings. The minimum Gasteiger partial charge on any atom is -0.427 e. The summed E-state index contributed by atoms with van der Waals surface area (Å²) >= 11 is 0. The van der Waals surface area contributed by atoms with Gasteiger partial charge in [-0.1, -0.05) is 145 Å². The van der Waals surface area contributed by atoms with Gasteiger partial charge in [0.05, 0.1) is 0 Å². The maximum absolute atomic E-state index is 9.87. The molecule has 1 rings (SSSR count). The molecule has 38 heavy (non-hydrogen) atoms. The van der Waals surface area contributed by atoms with Crippen LogP contribution in [0.5, 0.6) is 5.75 Å². The van der Waals surface area contributed by atoms with Gasteiger partial charge in [-0.05, 0) is 59.3 Å². The van der Waals surface area contributed by atoms with E-state index in [1.54, 1.807) is 0 Å². The Bertz CT molecular complexity index is 758. The number of unbranched alkanes of at least 4 members (excludes halogenated alkanes) is 14. The predicted octanol–water partition coefficient (Wildman–Crippen LogP) is 11.2. The van der Waals surface area contributed by atoms with Crippen molar-refractivity contribution < 1.29 is 14.3 Å². The van der Waals surface area contributed by atoms with E-state index in [2.05, 4.69) is 61.5 Å². The Hall–Kier alpha value is -0.630. The molecule has 0 aliphatic carbocycles. The first-order valence-electron chi connectivity index (χ1n) is 16.0. The zero-order valence-corrected chi connectivity index (χ0v) is 27.4. The van der Waals surface area contributed by atoms with E-state index in [4.69, 9.17) is 4.52 Å². The van der Waals surface area contributed by atoms with Crippen molar-refractivity contribution in [3.63, 3.8) is 0 Å². The fraction of sp³-hybridized carbons (Fsp3) is 0.824. The van der Waals surface area contributed by atoms with E-state index in [9.17, 15) is 9.79 Å². The molecule has 0 spiro atoms. The molecule has 222 valence electrons. The summed E-state index contributed by atoms with van der Waals surface area (Å²) in [6.07, 6.45) is 23.0. The maximum atomic E-state index is 9.87. The van der Waals surface area contributed by atoms with Crippen molar-refractivity contribution in [2.75, 3.05) is 0 Å². The van der Waals surface area contributed by atoms with Gasteiger partial charge in [-0.15, -0.1) is 0 Å². The highest BCUT2D eigenvalue weighted by Gasteiger charge is 2.32. The topological polar surface area (TPSA) is 49.7 Å². The summed E-state index contributed by atoms with van der Waals surface area (Å²) in [5.41, 5.74) is 5.26. The molecule has 0 saturated carbocycles. The molecule has 0 heterocycles. The average Bonchev–Trinajstić information content (AvgIpc) is 2.80. The lowest BCUT2D eigenvalue weighted by Crippen LogP contribution is -2.24.